The smallest absolute Gasteiger partial charge is 0.193 e. The molecular weight excluding hydrogens is 455 g/mol. The summed E-state index contributed by atoms with van der Waals surface area (Å²) in [5.41, 5.74) is 1.20. The first-order valence-electron chi connectivity index (χ1n) is 8.88. The van der Waals surface area contributed by atoms with Gasteiger partial charge < -0.3 is 19.4 Å². The summed E-state index contributed by atoms with van der Waals surface area (Å²) in [6, 6.07) is 12.2. The number of hydrogen-bond acceptors (Lipinski definition) is 4. The van der Waals surface area contributed by atoms with Gasteiger partial charge in [0.1, 0.15) is 11.5 Å². The first kappa shape index (κ1) is 23.3. The van der Waals surface area contributed by atoms with E-state index < -0.39 is 0 Å². The fraction of sp³-hybridized carbons (Fsp3) is 0.450. The van der Waals surface area contributed by atoms with Crippen LogP contribution in [0.15, 0.2) is 52.1 Å². The molecule has 1 aromatic heterocycles. The number of rotatable bonds is 8. The predicted molar refractivity (Wildman–Crippen MR) is 121 cm³/mol. The third-order valence-electron chi connectivity index (χ3n) is 4.18. The van der Waals surface area contributed by atoms with Crippen LogP contribution in [0.25, 0.3) is 0 Å². The molecule has 150 valence electrons. The van der Waals surface area contributed by atoms with Crippen molar-refractivity contribution in [2.24, 2.45) is 4.99 Å². The van der Waals surface area contributed by atoms with Gasteiger partial charge in [-0.1, -0.05) is 12.1 Å². The molecule has 2 rings (SSSR count). The molecule has 1 atom stereocenters. The highest BCUT2D eigenvalue weighted by atomic mass is 127. The summed E-state index contributed by atoms with van der Waals surface area (Å²) in [7, 11) is 7.92. The number of nitrogens with zero attached hydrogens (tertiary/aromatic N) is 3. The summed E-state index contributed by atoms with van der Waals surface area (Å²) >= 11 is 0. The molecule has 2 aromatic rings. The fourth-order valence-corrected chi connectivity index (χ4v) is 2.80. The Morgan fingerprint density at radius 2 is 1.89 bits per heavy atom. The number of nitrogens with one attached hydrogen (secondary N) is 1. The van der Waals surface area contributed by atoms with E-state index in [1.807, 2.05) is 52.3 Å². The molecule has 6 nitrogen and oxygen atoms in total. The largest absolute Gasteiger partial charge is 0.494 e. The van der Waals surface area contributed by atoms with Crippen LogP contribution in [-0.4, -0.2) is 57.1 Å². The Morgan fingerprint density at radius 1 is 1.19 bits per heavy atom. The lowest BCUT2D eigenvalue weighted by Crippen LogP contribution is -2.42. The number of benzene rings is 1. The Hall–Kier alpha value is -1.74. The second kappa shape index (κ2) is 11.9. The molecular formula is C20H31IN4O2. The van der Waals surface area contributed by atoms with E-state index in [-0.39, 0.29) is 30.0 Å². The minimum absolute atomic E-state index is 0. The van der Waals surface area contributed by atoms with Gasteiger partial charge in [0.2, 0.25) is 0 Å². The third-order valence-corrected chi connectivity index (χ3v) is 4.18. The molecule has 0 aliphatic rings. The van der Waals surface area contributed by atoms with Gasteiger partial charge in [-0.25, -0.2) is 0 Å². The van der Waals surface area contributed by atoms with Gasteiger partial charge in [-0.3, -0.25) is 9.89 Å². The number of furan rings is 1. The molecule has 0 spiro atoms. The zero-order valence-electron chi connectivity index (χ0n) is 16.8. The first-order valence-corrected chi connectivity index (χ1v) is 8.88. The van der Waals surface area contributed by atoms with E-state index in [0.29, 0.717) is 13.2 Å². The summed E-state index contributed by atoms with van der Waals surface area (Å²) in [4.78, 5) is 8.63. The van der Waals surface area contributed by atoms with E-state index >= 15 is 0 Å². The van der Waals surface area contributed by atoms with E-state index in [4.69, 9.17) is 9.15 Å². The zero-order valence-corrected chi connectivity index (χ0v) is 19.1. The van der Waals surface area contributed by atoms with Crippen molar-refractivity contribution in [3.05, 3.63) is 54.0 Å². The molecule has 1 N–H and O–H groups in total. The maximum absolute atomic E-state index is 5.56. The van der Waals surface area contributed by atoms with E-state index in [9.17, 15) is 0 Å². The third kappa shape index (κ3) is 7.06. The van der Waals surface area contributed by atoms with Crippen molar-refractivity contribution in [3.63, 3.8) is 0 Å². The van der Waals surface area contributed by atoms with Crippen LogP contribution < -0.4 is 10.1 Å². The molecule has 1 unspecified atom stereocenters. The second-order valence-corrected chi connectivity index (χ2v) is 6.36. The molecule has 0 radical (unpaired) electrons. The Kier molecular flexibility index (Phi) is 10.2. The molecule has 0 aliphatic heterocycles. The normalized spacial score (nSPS) is 12.4. The van der Waals surface area contributed by atoms with Gasteiger partial charge in [-0.05, 0) is 50.8 Å². The molecule has 0 saturated heterocycles. The topological polar surface area (TPSA) is 53.2 Å². The van der Waals surface area contributed by atoms with Crippen LogP contribution in [0.5, 0.6) is 5.75 Å². The number of hydrogen-bond donors (Lipinski definition) is 1. The summed E-state index contributed by atoms with van der Waals surface area (Å²) in [6.45, 7) is 4.14. The van der Waals surface area contributed by atoms with Gasteiger partial charge >= 0.3 is 0 Å². The maximum Gasteiger partial charge on any atom is 0.193 e. The maximum atomic E-state index is 5.56. The molecule has 1 heterocycles. The Bertz CT molecular complexity index is 672. The minimum atomic E-state index is 0. The van der Waals surface area contributed by atoms with Crippen LogP contribution in [0.1, 0.15) is 24.3 Å². The highest BCUT2D eigenvalue weighted by molar-refractivity contribution is 14.0. The summed E-state index contributed by atoms with van der Waals surface area (Å²) in [6.07, 6.45) is 1.71. The molecule has 0 amide bonds. The van der Waals surface area contributed by atoms with E-state index in [1.54, 1.807) is 13.3 Å². The minimum Gasteiger partial charge on any atom is -0.494 e. The van der Waals surface area contributed by atoms with Gasteiger partial charge in [0, 0.05) is 27.2 Å². The van der Waals surface area contributed by atoms with Crippen LogP contribution >= 0.6 is 24.0 Å². The van der Waals surface area contributed by atoms with Crippen molar-refractivity contribution in [2.45, 2.75) is 19.5 Å². The van der Waals surface area contributed by atoms with E-state index in [1.165, 1.54) is 5.56 Å². The fourth-order valence-electron chi connectivity index (χ4n) is 2.80. The van der Waals surface area contributed by atoms with Gasteiger partial charge in [-0.2, -0.15) is 0 Å². The standard InChI is InChI=1S/C20H30N4O2.HI/c1-6-25-17-11-9-16(10-12-17)15-24(5)20(21-2)22-14-18(23(3)4)19-8-7-13-26-19;/h7-13,18H,6,14-15H2,1-5H3,(H,21,22);1H. The van der Waals surface area contributed by atoms with Crippen molar-refractivity contribution in [2.75, 3.05) is 41.3 Å². The van der Waals surface area contributed by atoms with Crippen molar-refractivity contribution < 1.29 is 9.15 Å². The van der Waals surface area contributed by atoms with Crippen LogP contribution in [0.2, 0.25) is 0 Å². The molecule has 0 bridgehead atoms. The van der Waals surface area contributed by atoms with Gasteiger partial charge in [-0.15, -0.1) is 24.0 Å². The lowest BCUT2D eigenvalue weighted by molar-refractivity contribution is 0.256. The van der Waals surface area contributed by atoms with Crippen LogP contribution in [0.3, 0.4) is 0 Å². The average molecular weight is 486 g/mol. The summed E-state index contributed by atoms with van der Waals surface area (Å²) in [5.74, 6) is 2.68. The van der Waals surface area contributed by atoms with Gasteiger partial charge in [0.25, 0.3) is 0 Å². The average Bonchev–Trinajstić information content (AvgIpc) is 3.14. The number of ether oxygens (including phenoxy) is 1. The van der Waals surface area contributed by atoms with E-state index in [0.717, 1.165) is 24.0 Å². The molecule has 27 heavy (non-hydrogen) atoms. The first-order chi connectivity index (χ1) is 12.5. The Balaban J connectivity index is 0.00000364. The van der Waals surface area contributed by atoms with Crippen molar-refractivity contribution in [3.8, 4) is 5.75 Å². The number of likely N-dealkylation sites (N-methyl/N-ethyl adjacent to an activating group) is 1. The molecule has 0 saturated carbocycles. The van der Waals surface area contributed by atoms with Gasteiger partial charge in [0.05, 0.1) is 18.9 Å². The van der Waals surface area contributed by atoms with E-state index in [2.05, 4.69) is 32.2 Å². The van der Waals surface area contributed by atoms with Crippen molar-refractivity contribution >= 4 is 29.9 Å². The van der Waals surface area contributed by atoms with Crippen molar-refractivity contribution in [1.29, 1.82) is 0 Å². The highest BCUT2D eigenvalue weighted by Crippen LogP contribution is 2.18. The zero-order chi connectivity index (χ0) is 18.9. The molecule has 0 aliphatic carbocycles. The Labute approximate surface area is 179 Å². The molecule has 7 heteroatoms. The SMILES string of the molecule is CCOc1ccc(CN(C)C(=NC)NCC(c2ccco2)N(C)C)cc1.I. The number of halogens is 1. The number of aliphatic imine (C=N–C) groups is 1. The Morgan fingerprint density at radius 3 is 2.41 bits per heavy atom. The molecule has 0 fully saturated rings. The highest BCUT2D eigenvalue weighted by Gasteiger charge is 2.18. The van der Waals surface area contributed by atoms with Crippen LogP contribution in [-0.2, 0) is 6.54 Å². The predicted octanol–water partition coefficient (Wildman–Crippen LogP) is 3.61. The second-order valence-electron chi connectivity index (χ2n) is 6.36. The molecule has 1 aromatic carbocycles. The number of guanidine groups is 1. The summed E-state index contributed by atoms with van der Waals surface area (Å²) < 4.78 is 11.1. The lowest BCUT2D eigenvalue weighted by atomic mass is 10.2. The van der Waals surface area contributed by atoms with Crippen LogP contribution in [0, 0.1) is 0 Å². The van der Waals surface area contributed by atoms with Gasteiger partial charge in [0.15, 0.2) is 5.96 Å². The van der Waals surface area contributed by atoms with Crippen LogP contribution in [0.4, 0.5) is 0 Å². The lowest BCUT2D eigenvalue weighted by Gasteiger charge is -2.27. The monoisotopic (exact) mass is 486 g/mol. The quantitative estimate of drug-likeness (QED) is 0.351. The summed E-state index contributed by atoms with van der Waals surface area (Å²) in [5, 5.41) is 3.44. The van der Waals surface area contributed by atoms with Crippen molar-refractivity contribution in [1.82, 2.24) is 15.1 Å².